The molecule has 2 N–H and O–H groups in total. The lowest BCUT2D eigenvalue weighted by atomic mass is 10.2. The van der Waals surface area contributed by atoms with Crippen LogP contribution in [0.4, 0.5) is 16.2 Å². The van der Waals surface area contributed by atoms with E-state index in [-0.39, 0.29) is 0 Å². The van der Waals surface area contributed by atoms with Crippen LogP contribution < -0.4 is 20.1 Å². The predicted molar refractivity (Wildman–Crippen MR) is 83.6 cm³/mol. The van der Waals surface area contributed by atoms with Crippen LogP contribution in [0, 0.1) is 0 Å². The van der Waals surface area contributed by atoms with Crippen molar-refractivity contribution in [2.24, 2.45) is 0 Å². The number of urea groups is 1. The van der Waals surface area contributed by atoms with Gasteiger partial charge in [-0.1, -0.05) is 23.7 Å². The average Bonchev–Trinajstić information content (AvgIpc) is 2.49. The van der Waals surface area contributed by atoms with E-state index in [1.807, 2.05) is 0 Å². The normalized spacial score (nSPS) is 9.86. The van der Waals surface area contributed by atoms with Crippen molar-refractivity contribution in [2.45, 2.75) is 0 Å². The van der Waals surface area contributed by atoms with Crippen LogP contribution in [0.15, 0.2) is 42.5 Å². The summed E-state index contributed by atoms with van der Waals surface area (Å²) >= 11 is 5.99. The monoisotopic (exact) mass is 306 g/mol. The molecule has 0 atom stereocenters. The zero-order valence-electron chi connectivity index (χ0n) is 11.6. The maximum absolute atomic E-state index is 12.0. The average molecular weight is 307 g/mol. The molecule has 2 aromatic rings. The smallest absolute Gasteiger partial charge is 0.323 e. The van der Waals surface area contributed by atoms with Crippen LogP contribution in [-0.4, -0.2) is 20.3 Å². The molecule has 0 radical (unpaired) electrons. The molecule has 0 aliphatic rings. The van der Waals surface area contributed by atoms with Crippen molar-refractivity contribution in [1.82, 2.24) is 0 Å². The largest absolute Gasteiger partial charge is 0.497 e. The van der Waals surface area contributed by atoms with Gasteiger partial charge < -0.3 is 20.1 Å². The molecule has 2 amide bonds. The molecular formula is C15H15ClN2O3. The molecule has 0 heterocycles. The second kappa shape index (κ2) is 6.85. The van der Waals surface area contributed by atoms with E-state index in [1.54, 1.807) is 49.6 Å². The Morgan fingerprint density at radius 2 is 1.71 bits per heavy atom. The summed E-state index contributed by atoms with van der Waals surface area (Å²) in [5.74, 6) is 1.15. The van der Waals surface area contributed by atoms with Crippen LogP contribution in [0.1, 0.15) is 0 Å². The number of carbonyl (C=O) groups excluding carboxylic acids is 1. The number of halogens is 1. The summed E-state index contributed by atoms with van der Waals surface area (Å²) < 4.78 is 10.3. The lowest BCUT2D eigenvalue weighted by molar-refractivity contribution is 0.262. The number of para-hydroxylation sites is 1. The van der Waals surface area contributed by atoms with Gasteiger partial charge >= 0.3 is 6.03 Å². The van der Waals surface area contributed by atoms with Crippen molar-refractivity contribution >= 4 is 29.0 Å². The Balaban J connectivity index is 2.14. The molecule has 2 aromatic carbocycles. The van der Waals surface area contributed by atoms with Gasteiger partial charge in [0.25, 0.3) is 0 Å². The lowest BCUT2D eigenvalue weighted by Crippen LogP contribution is -2.20. The molecule has 0 saturated carbocycles. The van der Waals surface area contributed by atoms with Crippen molar-refractivity contribution in [3.8, 4) is 11.5 Å². The summed E-state index contributed by atoms with van der Waals surface area (Å²) in [4.78, 5) is 12.0. The fourth-order valence-corrected chi connectivity index (χ4v) is 1.93. The summed E-state index contributed by atoms with van der Waals surface area (Å²) in [6.07, 6.45) is 0. The van der Waals surface area contributed by atoms with Gasteiger partial charge in [0.05, 0.1) is 30.6 Å². The van der Waals surface area contributed by atoms with E-state index < -0.39 is 6.03 Å². The van der Waals surface area contributed by atoms with Crippen LogP contribution >= 0.6 is 11.6 Å². The Hall–Kier alpha value is -2.40. The van der Waals surface area contributed by atoms with Crippen LogP contribution in [0.2, 0.25) is 5.02 Å². The van der Waals surface area contributed by atoms with Crippen molar-refractivity contribution in [3.63, 3.8) is 0 Å². The Bertz CT molecular complexity index is 647. The van der Waals surface area contributed by atoms with Gasteiger partial charge in [0.2, 0.25) is 0 Å². The van der Waals surface area contributed by atoms with Gasteiger partial charge in [0.1, 0.15) is 11.5 Å². The Morgan fingerprint density at radius 3 is 2.38 bits per heavy atom. The highest BCUT2D eigenvalue weighted by atomic mass is 35.5. The summed E-state index contributed by atoms with van der Waals surface area (Å²) in [6, 6.07) is 11.7. The summed E-state index contributed by atoms with van der Waals surface area (Å²) in [5, 5.41) is 5.83. The first kappa shape index (κ1) is 15.0. The number of hydrogen-bond acceptors (Lipinski definition) is 3. The van der Waals surface area contributed by atoms with Gasteiger partial charge in [-0.2, -0.15) is 0 Å². The summed E-state index contributed by atoms with van der Waals surface area (Å²) in [6.45, 7) is 0. The first-order chi connectivity index (χ1) is 10.1. The standard InChI is InChI=1S/C15H15ClN2O3/c1-20-10-7-8-14(21-2)13(9-10)18-15(19)17-12-6-4-3-5-11(12)16/h3-9H,1-2H3,(H2,17,18,19). The quantitative estimate of drug-likeness (QED) is 0.897. The zero-order chi connectivity index (χ0) is 15.2. The van der Waals surface area contributed by atoms with Gasteiger partial charge in [-0.3, -0.25) is 0 Å². The Morgan fingerprint density at radius 1 is 1.00 bits per heavy atom. The van der Waals surface area contributed by atoms with E-state index in [0.717, 1.165) is 0 Å². The van der Waals surface area contributed by atoms with Gasteiger partial charge in [0, 0.05) is 6.07 Å². The van der Waals surface area contributed by atoms with E-state index in [0.29, 0.717) is 27.9 Å². The molecule has 0 fully saturated rings. The fraction of sp³-hybridized carbons (Fsp3) is 0.133. The van der Waals surface area contributed by atoms with E-state index in [4.69, 9.17) is 21.1 Å². The zero-order valence-corrected chi connectivity index (χ0v) is 12.4. The van der Waals surface area contributed by atoms with Crippen LogP contribution in [0.3, 0.4) is 0 Å². The third kappa shape index (κ3) is 3.79. The molecule has 21 heavy (non-hydrogen) atoms. The second-order valence-electron chi connectivity index (χ2n) is 4.13. The van der Waals surface area contributed by atoms with Gasteiger partial charge in [-0.15, -0.1) is 0 Å². The highest BCUT2D eigenvalue weighted by molar-refractivity contribution is 6.33. The Kier molecular flexibility index (Phi) is 4.90. The SMILES string of the molecule is COc1ccc(OC)c(NC(=O)Nc2ccccc2Cl)c1. The highest BCUT2D eigenvalue weighted by Gasteiger charge is 2.10. The van der Waals surface area contributed by atoms with Crippen LogP contribution in [0.5, 0.6) is 11.5 Å². The molecule has 0 aliphatic carbocycles. The van der Waals surface area contributed by atoms with E-state index >= 15 is 0 Å². The number of hydrogen-bond donors (Lipinski definition) is 2. The van der Waals surface area contributed by atoms with Crippen molar-refractivity contribution in [1.29, 1.82) is 0 Å². The predicted octanol–water partition coefficient (Wildman–Crippen LogP) is 4.00. The van der Waals surface area contributed by atoms with E-state index in [2.05, 4.69) is 10.6 Å². The topological polar surface area (TPSA) is 59.6 Å². The Labute approximate surface area is 127 Å². The molecule has 0 aromatic heterocycles. The minimum atomic E-state index is -0.422. The van der Waals surface area contributed by atoms with E-state index in [9.17, 15) is 4.79 Å². The molecule has 0 saturated heterocycles. The maximum atomic E-state index is 12.0. The third-order valence-corrected chi connectivity index (χ3v) is 3.11. The lowest BCUT2D eigenvalue weighted by Gasteiger charge is -2.13. The van der Waals surface area contributed by atoms with Crippen molar-refractivity contribution < 1.29 is 14.3 Å². The molecule has 2 rings (SSSR count). The number of ether oxygens (including phenoxy) is 2. The molecule has 0 spiro atoms. The number of carbonyl (C=O) groups is 1. The molecule has 0 aliphatic heterocycles. The second-order valence-corrected chi connectivity index (χ2v) is 4.53. The molecule has 0 bridgehead atoms. The number of rotatable bonds is 4. The molecule has 110 valence electrons. The number of benzene rings is 2. The first-order valence-electron chi connectivity index (χ1n) is 6.18. The number of amides is 2. The number of methoxy groups -OCH3 is 2. The number of nitrogens with one attached hydrogen (secondary N) is 2. The minimum Gasteiger partial charge on any atom is -0.497 e. The van der Waals surface area contributed by atoms with Crippen LogP contribution in [-0.2, 0) is 0 Å². The van der Waals surface area contributed by atoms with Gasteiger partial charge in [-0.05, 0) is 24.3 Å². The first-order valence-corrected chi connectivity index (χ1v) is 6.56. The molecule has 5 nitrogen and oxygen atoms in total. The van der Waals surface area contributed by atoms with Gasteiger partial charge in [0.15, 0.2) is 0 Å². The highest BCUT2D eigenvalue weighted by Crippen LogP contribution is 2.29. The van der Waals surface area contributed by atoms with Gasteiger partial charge in [-0.25, -0.2) is 4.79 Å². The summed E-state index contributed by atoms with van der Waals surface area (Å²) in [5.41, 5.74) is 1.03. The molecule has 0 unspecified atom stereocenters. The molecule has 6 heteroatoms. The fourth-order valence-electron chi connectivity index (χ4n) is 1.75. The summed E-state index contributed by atoms with van der Waals surface area (Å²) in [7, 11) is 3.08. The minimum absolute atomic E-state index is 0.422. The maximum Gasteiger partial charge on any atom is 0.323 e. The van der Waals surface area contributed by atoms with Crippen LogP contribution in [0.25, 0.3) is 0 Å². The van der Waals surface area contributed by atoms with E-state index in [1.165, 1.54) is 7.11 Å². The molecular weight excluding hydrogens is 292 g/mol. The third-order valence-electron chi connectivity index (χ3n) is 2.78. The number of anilines is 2. The van der Waals surface area contributed by atoms with Crippen molar-refractivity contribution in [3.05, 3.63) is 47.5 Å². The van der Waals surface area contributed by atoms with Crippen molar-refractivity contribution in [2.75, 3.05) is 24.9 Å².